The van der Waals surface area contributed by atoms with E-state index < -0.39 is 17.8 Å². The van der Waals surface area contributed by atoms with Crippen LogP contribution >= 0.6 is 11.3 Å². The molecule has 4 amide bonds. The highest BCUT2D eigenvalue weighted by Crippen LogP contribution is 2.19. The minimum atomic E-state index is -0.494. The highest BCUT2D eigenvalue weighted by molar-refractivity contribution is 7.15. The van der Waals surface area contributed by atoms with Crippen molar-refractivity contribution < 1.29 is 19.1 Å². The maximum Gasteiger partial charge on any atom is 0.327 e. The number of likely N-dealkylation sites (N-methyl/N-ethyl adjacent to an activating group) is 1. The van der Waals surface area contributed by atoms with Gasteiger partial charge < -0.3 is 9.64 Å². The van der Waals surface area contributed by atoms with E-state index in [1.807, 2.05) is 32.0 Å². The zero-order valence-electron chi connectivity index (χ0n) is 15.9. The van der Waals surface area contributed by atoms with E-state index in [1.54, 1.807) is 0 Å². The summed E-state index contributed by atoms with van der Waals surface area (Å²) in [5.74, 6) is -0.0961. The van der Waals surface area contributed by atoms with E-state index in [0.717, 1.165) is 10.6 Å². The molecule has 1 fully saturated rings. The Kier molecular flexibility index (Phi) is 5.88. The smallest absolute Gasteiger partial charge is 0.327 e. The number of hydrogen-bond acceptors (Lipinski definition) is 7. The number of aromatic nitrogens is 2. The first-order valence-electron chi connectivity index (χ1n) is 8.71. The Morgan fingerprint density at radius 2 is 2.04 bits per heavy atom. The van der Waals surface area contributed by atoms with E-state index in [9.17, 15) is 14.4 Å². The quantitative estimate of drug-likeness (QED) is 0.704. The van der Waals surface area contributed by atoms with Gasteiger partial charge >= 0.3 is 6.03 Å². The van der Waals surface area contributed by atoms with Gasteiger partial charge in [-0.15, -0.1) is 10.2 Å². The monoisotopic (exact) mass is 403 g/mol. The Balaban J connectivity index is 1.47. The molecular weight excluding hydrogens is 382 g/mol. The van der Waals surface area contributed by atoms with Crippen LogP contribution in [0.4, 0.5) is 9.93 Å². The molecule has 1 aromatic carbocycles. The first-order valence-corrected chi connectivity index (χ1v) is 9.53. The Labute approximate surface area is 166 Å². The molecule has 148 valence electrons. The van der Waals surface area contributed by atoms with Crippen LogP contribution < -0.4 is 10.1 Å². The third-order valence-electron chi connectivity index (χ3n) is 4.31. The molecule has 0 unspecified atom stereocenters. The number of anilines is 1. The second-order valence-corrected chi connectivity index (χ2v) is 7.57. The number of nitrogens with zero attached hydrogens (tertiary/aromatic N) is 4. The molecule has 0 bridgehead atoms. The zero-order valence-corrected chi connectivity index (χ0v) is 16.7. The van der Waals surface area contributed by atoms with Gasteiger partial charge in [0.25, 0.3) is 5.91 Å². The van der Waals surface area contributed by atoms with Crippen LogP contribution in [0.15, 0.2) is 18.2 Å². The number of carbonyl (C=O) groups excluding carboxylic acids is 3. The second-order valence-electron chi connectivity index (χ2n) is 6.51. The number of carbonyl (C=O) groups is 3. The summed E-state index contributed by atoms with van der Waals surface area (Å²) in [7, 11) is 1.51. The maximum absolute atomic E-state index is 12.1. The lowest BCUT2D eigenvalue weighted by Crippen LogP contribution is -2.38. The van der Waals surface area contributed by atoms with Gasteiger partial charge in [0.2, 0.25) is 11.0 Å². The summed E-state index contributed by atoms with van der Waals surface area (Å²) < 4.78 is 5.72. The van der Waals surface area contributed by atoms with Crippen molar-refractivity contribution in [3.8, 4) is 5.75 Å². The van der Waals surface area contributed by atoms with E-state index in [4.69, 9.17) is 4.74 Å². The SMILES string of the molecule is Cc1ccc(OCCc2nnc(NC(=O)CN3C(=O)CN(C)C3=O)s2)cc1C. The average molecular weight is 403 g/mol. The number of urea groups is 1. The fraction of sp³-hybridized carbons (Fsp3) is 0.389. The molecule has 0 aliphatic carbocycles. The van der Waals surface area contributed by atoms with Crippen molar-refractivity contribution in [2.75, 3.05) is 32.1 Å². The minimum Gasteiger partial charge on any atom is -0.493 e. The molecule has 1 aliphatic rings. The summed E-state index contributed by atoms with van der Waals surface area (Å²) in [6, 6.07) is 5.43. The highest BCUT2D eigenvalue weighted by atomic mass is 32.1. The van der Waals surface area contributed by atoms with E-state index in [-0.39, 0.29) is 13.1 Å². The highest BCUT2D eigenvalue weighted by Gasteiger charge is 2.34. The van der Waals surface area contributed by atoms with Gasteiger partial charge in [-0.05, 0) is 37.1 Å². The summed E-state index contributed by atoms with van der Waals surface area (Å²) >= 11 is 1.23. The molecule has 1 aromatic heterocycles. The van der Waals surface area contributed by atoms with Crippen molar-refractivity contribution in [3.05, 3.63) is 34.3 Å². The summed E-state index contributed by atoms with van der Waals surface area (Å²) in [4.78, 5) is 37.7. The fourth-order valence-corrected chi connectivity index (χ4v) is 3.33. The molecule has 2 aromatic rings. The van der Waals surface area contributed by atoms with Gasteiger partial charge in [0.15, 0.2) is 0 Å². The van der Waals surface area contributed by atoms with Crippen LogP contribution in [0.2, 0.25) is 0 Å². The van der Waals surface area contributed by atoms with Crippen molar-refractivity contribution >= 4 is 34.3 Å². The van der Waals surface area contributed by atoms with E-state index in [0.29, 0.717) is 23.2 Å². The number of ether oxygens (including phenoxy) is 1. The minimum absolute atomic E-state index is 0.0183. The van der Waals surface area contributed by atoms with Gasteiger partial charge in [-0.2, -0.15) is 0 Å². The summed E-state index contributed by atoms with van der Waals surface area (Å²) in [6.07, 6.45) is 0.550. The Hall–Kier alpha value is -3.01. The molecule has 10 heteroatoms. The predicted octanol–water partition coefficient (Wildman–Crippen LogP) is 1.61. The molecule has 28 heavy (non-hydrogen) atoms. The first kappa shape index (κ1) is 19.7. The van der Waals surface area contributed by atoms with Crippen LogP contribution in [0.5, 0.6) is 5.75 Å². The number of rotatable bonds is 7. The van der Waals surface area contributed by atoms with Gasteiger partial charge in [0.05, 0.1) is 6.61 Å². The lowest BCUT2D eigenvalue weighted by molar-refractivity contribution is -0.129. The number of amides is 4. The van der Waals surface area contributed by atoms with E-state index in [1.165, 1.54) is 34.4 Å². The van der Waals surface area contributed by atoms with Crippen molar-refractivity contribution in [2.24, 2.45) is 0 Å². The van der Waals surface area contributed by atoms with Crippen LogP contribution in [0.25, 0.3) is 0 Å². The molecule has 2 heterocycles. The number of benzene rings is 1. The summed E-state index contributed by atoms with van der Waals surface area (Å²) in [5, 5.41) is 11.5. The van der Waals surface area contributed by atoms with Crippen LogP contribution in [0, 0.1) is 13.8 Å². The average Bonchev–Trinajstić information content (AvgIpc) is 3.17. The van der Waals surface area contributed by atoms with Crippen molar-refractivity contribution in [1.82, 2.24) is 20.0 Å². The molecule has 1 N–H and O–H groups in total. The van der Waals surface area contributed by atoms with E-state index >= 15 is 0 Å². The second kappa shape index (κ2) is 8.34. The maximum atomic E-state index is 12.1. The topological polar surface area (TPSA) is 105 Å². The fourth-order valence-electron chi connectivity index (χ4n) is 2.59. The van der Waals surface area contributed by atoms with E-state index in [2.05, 4.69) is 15.5 Å². The standard InChI is InChI=1S/C18H21N5O4S/c1-11-4-5-13(8-12(11)2)27-7-6-15-20-21-17(28-15)19-14(24)9-23-16(25)10-22(3)18(23)26/h4-5,8H,6-7,9-10H2,1-3H3,(H,19,21,24). The van der Waals surface area contributed by atoms with Crippen molar-refractivity contribution in [1.29, 1.82) is 0 Å². The molecule has 9 nitrogen and oxygen atoms in total. The Bertz CT molecular complexity index is 913. The van der Waals surface area contributed by atoms with Gasteiger partial charge in [0.1, 0.15) is 23.8 Å². The predicted molar refractivity (Wildman–Crippen MR) is 103 cm³/mol. The molecule has 1 saturated heterocycles. The van der Waals surface area contributed by atoms with Crippen molar-refractivity contribution in [3.63, 3.8) is 0 Å². The largest absolute Gasteiger partial charge is 0.493 e. The third-order valence-corrected chi connectivity index (χ3v) is 5.21. The summed E-state index contributed by atoms with van der Waals surface area (Å²) in [6.45, 7) is 4.16. The van der Waals surface area contributed by atoms with Gasteiger partial charge in [-0.3, -0.25) is 19.8 Å². The van der Waals surface area contributed by atoms with Crippen LogP contribution in [0.1, 0.15) is 16.1 Å². The molecule has 0 radical (unpaired) electrons. The lowest BCUT2D eigenvalue weighted by Gasteiger charge is -2.12. The Morgan fingerprint density at radius 3 is 2.71 bits per heavy atom. The number of hydrogen-bond donors (Lipinski definition) is 1. The molecule has 0 spiro atoms. The van der Waals surface area contributed by atoms with Crippen molar-refractivity contribution in [2.45, 2.75) is 20.3 Å². The van der Waals surface area contributed by atoms with Crippen LogP contribution in [-0.2, 0) is 16.0 Å². The Morgan fingerprint density at radius 1 is 1.25 bits per heavy atom. The number of nitrogens with one attached hydrogen (secondary N) is 1. The first-order chi connectivity index (χ1) is 13.3. The molecular formula is C18H21N5O4S. The lowest BCUT2D eigenvalue weighted by atomic mass is 10.1. The number of imide groups is 1. The normalized spacial score (nSPS) is 14.0. The van der Waals surface area contributed by atoms with Gasteiger partial charge in [-0.25, -0.2) is 4.79 Å². The third kappa shape index (κ3) is 4.63. The number of aryl methyl sites for hydroxylation is 2. The van der Waals surface area contributed by atoms with Crippen LogP contribution in [-0.4, -0.2) is 64.6 Å². The molecule has 0 saturated carbocycles. The molecule has 3 rings (SSSR count). The van der Waals surface area contributed by atoms with Crippen LogP contribution in [0.3, 0.4) is 0 Å². The summed E-state index contributed by atoms with van der Waals surface area (Å²) in [5.41, 5.74) is 2.38. The van der Waals surface area contributed by atoms with Gasteiger partial charge in [-0.1, -0.05) is 17.4 Å². The van der Waals surface area contributed by atoms with Gasteiger partial charge in [0, 0.05) is 13.5 Å². The molecule has 1 aliphatic heterocycles. The molecule has 0 atom stereocenters. The zero-order chi connectivity index (χ0) is 20.3.